The molecule has 2 amide bonds. The van der Waals surface area contributed by atoms with Gasteiger partial charge in [0.1, 0.15) is 5.82 Å². The minimum atomic E-state index is -0.308. The summed E-state index contributed by atoms with van der Waals surface area (Å²) in [4.78, 5) is 16.4. The summed E-state index contributed by atoms with van der Waals surface area (Å²) >= 11 is 0. The number of halogens is 1. The molecule has 0 aliphatic carbocycles. The van der Waals surface area contributed by atoms with Gasteiger partial charge in [-0.1, -0.05) is 18.2 Å². The standard InChI is InChI=1S/C18H20FN3O2/c19-14-8-6-13(7-9-14)17(16-5-3-11-24-16)22-18(23)21-12-15-4-1-2-10-20-15/h1-2,4,6-10,16-17H,3,5,11-12H2,(H2,21,22,23)/t16-,17+/m1/s1. The summed E-state index contributed by atoms with van der Waals surface area (Å²) in [6, 6.07) is 11.1. The predicted molar refractivity (Wildman–Crippen MR) is 87.7 cm³/mol. The number of benzene rings is 1. The van der Waals surface area contributed by atoms with Crippen LogP contribution in [0.25, 0.3) is 0 Å². The topological polar surface area (TPSA) is 63.2 Å². The first kappa shape index (κ1) is 16.4. The van der Waals surface area contributed by atoms with Crippen molar-refractivity contribution in [2.45, 2.75) is 31.5 Å². The van der Waals surface area contributed by atoms with Crippen LogP contribution in [-0.4, -0.2) is 23.7 Å². The molecule has 0 bridgehead atoms. The molecule has 1 aliphatic heterocycles. The first-order valence-electron chi connectivity index (χ1n) is 8.04. The van der Waals surface area contributed by atoms with E-state index in [-0.39, 0.29) is 24.0 Å². The maximum atomic E-state index is 13.2. The maximum Gasteiger partial charge on any atom is 0.315 e. The number of urea groups is 1. The molecule has 6 heteroatoms. The first-order chi connectivity index (χ1) is 11.7. The van der Waals surface area contributed by atoms with Crippen LogP contribution >= 0.6 is 0 Å². The van der Waals surface area contributed by atoms with Gasteiger partial charge in [-0.3, -0.25) is 4.98 Å². The van der Waals surface area contributed by atoms with Crippen molar-refractivity contribution >= 4 is 6.03 Å². The Morgan fingerprint density at radius 1 is 1.29 bits per heavy atom. The van der Waals surface area contributed by atoms with Crippen LogP contribution in [0, 0.1) is 5.82 Å². The van der Waals surface area contributed by atoms with Crippen molar-refractivity contribution in [2.75, 3.05) is 6.61 Å². The quantitative estimate of drug-likeness (QED) is 0.886. The molecular weight excluding hydrogens is 309 g/mol. The minimum absolute atomic E-state index is 0.101. The summed E-state index contributed by atoms with van der Waals surface area (Å²) in [5.74, 6) is -0.301. The van der Waals surface area contributed by atoms with Crippen molar-refractivity contribution in [3.8, 4) is 0 Å². The fourth-order valence-electron chi connectivity index (χ4n) is 2.79. The average molecular weight is 329 g/mol. The van der Waals surface area contributed by atoms with Gasteiger partial charge in [-0.25, -0.2) is 9.18 Å². The molecule has 1 aromatic carbocycles. The number of hydrogen-bond acceptors (Lipinski definition) is 3. The highest BCUT2D eigenvalue weighted by molar-refractivity contribution is 5.74. The molecule has 0 saturated carbocycles. The van der Waals surface area contributed by atoms with Crippen molar-refractivity contribution in [3.05, 3.63) is 65.7 Å². The number of amides is 2. The Bertz CT molecular complexity index is 658. The van der Waals surface area contributed by atoms with Crippen molar-refractivity contribution in [2.24, 2.45) is 0 Å². The van der Waals surface area contributed by atoms with Crippen LogP contribution in [0.1, 0.15) is 30.1 Å². The summed E-state index contributed by atoms with van der Waals surface area (Å²) in [7, 11) is 0. The van der Waals surface area contributed by atoms with Crippen molar-refractivity contribution in [1.82, 2.24) is 15.6 Å². The molecule has 1 fully saturated rings. The maximum absolute atomic E-state index is 13.2. The number of carbonyl (C=O) groups excluding carboxylic acids is 1. The van der Waals surface area contributed by atoms with Gasteiger partial charge < -0.3 is 15.4 Å². The highest BCUT2D eigenvalue weighted by Gasteiger charge is 2.28. The lowest BCUT2D eigenvalue weighted by atomic mass is 9.99. The minimum Gasteiger partial charge on any atom is -0.376 e. The van der Waals surface area contributed by atoms with Crippen molar-refractivity contribution in [3.63, 3.8) is 0 Å². The fourth-order valence-corrected chi connectivity index (χ4v) is 2.79. The molecule has 5 nitrogen and oxygen atoms in total. The van der Waals surface area contributed by atoms with Crippen molar-refractivity contribution in [1.29, 1.82) is 0 Å². The molecule has 24 heavy (non-hydrogen) atoms. The van der Waals surface area contributed by atoms with Gasteiger partial charge in [0.15, 0.2) is 0 Å². The van der Waals surface area contributed by atoms with Crippen LogP contribution in [0.2, 0.25) is 0 Å². The van der Waals surface area contributed by atoms with Gasteiger partial charge in [0.05, 0.1) is 24.4 Å². The number of nitrogens with one attached hydrogen (secondary N) is 2. The number of aromatic nitrogens is 1. The predicted octanol–water partition coefficient (Wildman–Crippen LogP) is 2.94. The van der Waals surface area contributed by atoms with E-state index in [9.17, 15) is 9.18 Å². The van der Waals surface area contributed by atoms with E-state index in [1.807, 2.05) is 18.2 Å². The second-order valence-corrected chi connectivity index (χ2v) is 5.73. The van der Waals surface area contributed by atoms with Gasteiger partial charge in [0.25, 0.3) is 0 Å². The van der Waals surface area contributed by atoms with Gasteiger partial charge in [0, 0.05) is 12.8 Å². The van der Waals surface area contributed by atoms with E-state index < -0.39 is 0 Å². The van der Waals surface area contributed by atoms with E-state index in [2.05, 4.69) is 15.6 Å². The van der Waals surface area contributed by atoms with Crippen LogP contribution < -0.4 is 10.6 Å². The van der Waals surface area contributed by atoms with Crippen LogP contribution in [0.3, 0.4) is 0 Å². The lowest BCUT2D eigenvalue weighted by Crippen LogP contribution is -2.42. The second kappa shape index (κ2) is 7.88. The molecule has 3 rings (SSSR count). The molecule has 0 radical (unpaired) electrons. The monoisotopic (exact) mass is 329 g/mol. The van der Waals surface area contributed by atoms with Crippen LogP contribution in [0.5, 0.6) is 0 Å². The number of rotatable bonds is 5. The molecule has 0 unspecified atom stereocenters. The first-order valence-corrected chi connectivity index (χ1v) is 8.04. The third kappa shape index (κ3) is 4.29. The molecule has 1 aromatic heterocycles. The number of ether oxygens (including phenoxy) is 1. The largest absolute Gasteiger partial charge is 0.376 e. The Balaban J connectivity index is 1.64. The zero-order valence-electron chi connectivity index (χ0n) is 13.2. The van der Waals surface area contributed by atoms with E-state index >= 15 is 0 Å². The zero-order valence-corrected chi connectivity index (χ0v) is 13.2. The number of carbonyl (C=O) groups is 1. The van der Waals surface area contributed by atoms with Gasteiger partial charge in [-0.2, -0.15) is 0 Å². The van der Waals surface area contributed by atoms with E-state index in [0.717, 1.165) is 24.1 Å². The summed E-state index contributed by atoms with van der Waals surface area (Å²) in [6.07, 6.45) is 3.40. The lowest BCUT2D eigenvalue weighted by Gasteiger charge is -2.25. The number of nitrogens with zero attached hydrogens (tertiary/aromatic N) is 1. The highest BCUT2D eigenvalue weighted by Crippen LogP contribution is 2.27. The number of hydrogen-bond donors (Lipinski definition) is 2. The van der Waals surface area contributed by atoms with Crippen LogP contribution in [-0.2, 0) is 11.3 Å². The summed E-state index contributed by atoms with van der Waals surface area (Å²) in [5.41, 5.74) is 1.61. The van der Waals surface area contributed by atoms with Crippen LogP contribution in [0.4, 0.5) is 9.18 Å². The Kier molecular flexibility index (Phi) is 5.38. The molecular formula is C18H20FN3O2. The van der Waals surface area contributed by atoms with E-state index in [0.29, 0.717) is 13.2 Å². The van der Waals surface area contributed by atoms with Gasteiger partial charge in [0.2, 0.25) is 0 Å². The molecule has 126 valence electrons. The molecule has 2 atom stereocenters. The molecule has 1 saturated heterocycles. The Hall–Kier alpha value is -2.47. The van der Waals surface area contributed by atoms with Gasteiger partial charge in [-0.15, -0.1) is 0 Å². The fraction of sp³-hybridized carbons (Fsp3) is 0.333. The third-order valence-electron chi connectivity index (χ3n) is 4.01. The SMILES string of the molecule is O=C(NCc1ccccn1)N[C@@H](c1ccc(F)cc1)[C@H]1CCCO1. The second-order valence-electron chi connectivity index (χ2n) is 5.73. The molecule has 2 aromatic rings. The molecule has 0 spiro atoms. The van der Waals surface area contributed by atoms with Gasteiger partial charge in [-0.05, 0) is 42.7 Å². The normalized spacial score (nSPS) is 18.1. The Morgan fingerprint density at radius 2 is 2.12 bits per heavy atom. The van der Waals surface area contributed by atoms with E-state index in [1.54, 1.807) is 18.3 Å². The molecule has 2 heterocycles. The smallest absolute Gasteiger partial charge is 0.315 e. The summed E-state index contributed by atoms with van der Waals surface area (Å²) in [5, 5.41) is 5.73. The Labute approximate surface area is 140 Å². The van der Waals surface area contributed by atoms with Gasteiger partial charge >= 0.3 is 6.03 Å². The zero-order chi connectivity index (χ0) is 16.8. The highest BCUT2D eigenvalue weighted by atomic mass is 19.1. The third-order valence-corrected chi connectivity index (χ3v) is 4.01. The van der Waals surface area contributed by atoms with Crippen LogP contribution in [0.15, 0.2) is 48.7 Å². The van der Waals surface area contributed by atoms with E-state index in [1.165, 1.54) is 12.1 Å². The molecule has 2 N–H and O–H groups in total. The molecule has 1 aliphatic rings. The van der Waals surface area contributed by atoms with Crippen molar-refractivity contribution < 1.29 is 13.9 Å². The Morgan fingerprint density at radius 3 is 2.79 bits per heavy atom. The summed E-state index contributed by atoms with van der Waals surface area (Å²) < 4.78 is 18.9. The average Bonchev–Trinajstić information content (AvgIpc) is 3.14. The number of pyridine rings is 1. The van der Waals surface area contributed by atoms with E-state index in [4.69, 9.17) is 4.74 Å². The lowest BCUT2D eigenvalue weighted by molar-refractivity contribution is 0.0807. The summed E-state index contributed by atoms with van der Waals surface area (Å²) in [6.45, 7) is 1.02.